The summed E-state index contributed by atoms with van der Waals surface area (Å²) >= 11 is 0. The lowest BCUT2D eigenvalue weighted by Gasteiger charge is -2.06. The first-order valence-corrected chi connectivity index (χ1v) is 6.39. The van der Waals surface area contributed by atoms with Crippen LogP contribution in [0.2, 0.25) is 0 Å². The Balaban J connectivity index is 3.22. The molecule has 98 valence electrons. The molecule has 17 heavy (non-hydrogen) atoms. The summed E-state index contributed by atoms with van der Waals surface area (Å²) in [6, 6.07) is 0. The Morgan fingerprint density at radius 1 is 1.12 bits per heavy atom. The van der Waals surface area contributed by atoms with Crippen LogP contribution in [0.3, 0.4) is 0 Å². The summed E-state index contributed by atoms with van der Waals surface area (Å²) in [5, 5.41) is 0. The fourth-order valence-corrected chi connectivity index (χ4v) is 1.37. The quantitative estimate of drug-likeness (QED) is 0.334. The minimum absolute atomic E-state index is 0.0417. The molecule has 0 saturated carbocycles. The Bertz CT molecular complexity index is 244. The molecule has 0 aliphatic carbocycles. The van der Waals surface area contributed by atoms with Crippen LogP contribution in [0, 0.1) is 5.92 Å². The molecule has 0 atom stereocenters. The highest BCUT2D eigenvalue weighted by atomic mass is 16.5. The highest BCUT2D eigenvalue weighted by Crippen LogP contribution is 2.06. The highest BCUT2D eigenvalue weighted by Gasteiger charge is 2.06. The van der Waals surface area contributed by atoms with E-state index in [1.54, 1.807) is 0 Å². The van der Waals surface area contributed by atoms with Crippen LogP contribution in [0.1, 0.15) is 52.4 Å². The predicted octanol–water partition coefficient (Wildman–Crippen LogP) is 3.28. The number of ketones is 1. The molecule has 0 heterocycles. The number of hydrogen-bond donors (Lipinski definition) is 0. The standard InChI is InChI=1S/C14H24O3/c1-4-13(15)10-8-6-5-7-9-11-17-14(16)12(2)3/h4,12H,1,5-11H2,2-3H3. The molecular weight excluding hydrogens is 216 g/mol. The summed E-state index contributed by atoms with van der Waals surface area (Å²) in [6.07, 6.45) is 7.01. The fraction of sp³-hybridized carbons (Fsp3) is 0.714. The molecule has 0 spiro atoms. The van der Waals surface area contributed by atoms with Crippen LogP contribution in [0.15, 0.2) is 12.7 Å². The average molecular weight is 240 g/mol. The predicted molar refractivity (Wildman–Crippen MR) is 68.7 cm³/mol. The van der Waals surface area contributed by atoms with Crippen molar-refractivity contribution in [3.8, 4) is 0 Å². The molecule has 0 aliphatic heterocycles. The summed E-state index contributed by atoms with van der Waals surface area (Å²) in [6.45, 7) is 7.61. The lowest BCUT2D eigenvalue weighted by atomic mass is 10.1. The van der Waals surface area contributed by atoms with E-state index in [-0.39, 0.29) is 17.7 Å². The van der Waals surface area contributed by atoms with Gasteiger partial charge in [0.2, 0.25) is 0 Å². The Morgan fingerprint density at radius 2 is 1.71 bits per heavy atom. The summed E-state index contributed by atoms with van der Waals surface area (Å²) in [5.74, 6) is -0.0441. The largest absolute Gasteiger partial charge is 0.465 e. The van der Waals surface area contributed by atoms with Crippen LogP contribution >= 0.6 is 0 Å². The topological polar surface area (TPSA) is 43.4 Å². The molecule has 0 aliphatic rings. The normalized spacial score (nSPS) is 10.3. The van der Waals surface area contributed by atoms with Gasteiger partial charge < -0.3 is 4.74 Å². The van der Waals surface area contributed by atoms with E-state index in [2.05, 4.69) is 6.58 Å². The van der Waals surface area contributed by atoms with E-state index in [1.165, 1.54) is 6.08 Å². The minimum Gasteiger partial charge on any atom is -0.465 e. The van der Waals surface area contributed by atoms with Crippen LogP contribution in [0.25, 0.3) is 0 Å². The van der Waals surface area contributed by atoms with Crippen molar-refractivity contribution >= 4 is 11.8 Å². The number of allylic oxidation sites excluding steroid dienone is 1. The molecule has 0 rings (SSSR count). The second-order valence-corrected chi connectivity index (χ2v) is 4.51. The molecular formula is C14H24O3. The van der Waals surface area contributed by atoms with E-state index in [9.17, 15) is 9.59 Å². The van der Waals surface area contributed by atoms with E-state index in [0.29, 0.717) is 13.0 Å². The third-order valence-corrected chi connectivity index (χ3v) is 2.51. The van der Waals surface area contributed by atoms with E-state index in [1.807, 2.05) is 13.8 Å². The van der Waals surface area contributed by atoms with Gasteiger partial charge in [-0.25, -0.2) is 0 Å². The first-order chi connectivity index (χ1) is 8.07. The van der Waals surface area contributed by atoms with Crippen LogP contribution in [0.4, 0.5) is 0 Å². The number of esters is 1. The van der Waals surface area contributed by atoms with Crippen molar-refractivity contribution in [2.75, 3.05) is 6.61 Å². The van der Waals surface area contributed by atoms with Gasteiger partial charge in [0.15, 0.2) is 5.78 Å². The SMILES string of the molecule is C=CC(=O)CCCCCCCOC(=O)C(C)C. The molecule has 0 N–H and O–H groups in total. The van der Waals surface area contributed by atoms with Crippen molar-refractivity contribution in [3.05, 3.63) is 12.7 Å². The van der Waals surface area contributed by atoms with Gasteiger partial charge in [-0.2, -0.15) is 0 Å². The first kappa shape index (κ1) is 15.9. The second kappa shape index (κ2) is 10.1. The molecule has 0 aromatic rings. The number of rotatable bonds is 10. The van der Waals surface area contributed by atoms with Gasteiger partial charge in [-0.3, -0.25) is 9.59 Å². The van der Waals surface area contributed by atoms with Crippen LogP contribution in [-0.2, 0) is 14.3 Å². The Labute approximate surface area is 104 Å². The molecule has 0 saturated heterocycles. The number of carbonyl (C=O) groups is 2. The van der Waals surface area contributed by atoms with E-state index in [4.69, 9.17) is 4.74 Å². The molecule has 0 fully saturated rings. The van der Waals surface area contributed by atoms with Gasteiger partial charge in [0.05, 0.1) is 12.5 Å². The van der Waals surface area contributed by atoms with Crippen molar-refractivity contribution < 1.29 is 14.3 Å². The van der Waals surface area contributed by atoms with Crippen LogP contribution < -0.4 is 0 Å². The molecule has 0 aromatic carbocycles. The maximum atomic E-state index is 11.1. The molecule has 3 heteroatoms. The number of unbranched alkanes of at least 4 members (excludes halogenated alkanes) is 4. The second-order valence-electron chi connectivity index (χ2n) is 4.51. The maximum absolute atomic E-state index is 11.1. The van der Waals surface area contributed by atoms with Gasteiger partial charge in [0.1, 0.15) is 0 Å². The van der Waals surface area contributed by atoms with Gasteiger partial charge >= 0.3 is 5.97 Å². The van der Waals surface area contributed by atoms with Crippen molar-refractivity contribution in [2.24, 2.45) is 5.92 Å². The Morgan fingerprint density at radius 3 is 2.29 bits per heavy atom. The van der Waals surface area contributed by atoms with E-state index in [0.717, 1.165) is 32.1 Å². The van der Waals surface area contributed by atoms with Gasteiger partial charge in [0, 0.05) is 6.42 Å². The van der Waals surface area contributed by atoms with Crippen molar-refractivity contribution in [3.63, 3.8) is 0 Å². The Kier molecular flexibility index (Phi) is 9.40. The van der Waals surface area contributed by atoms with E-state index >= 15 is 0 Å². The third-order valence-electron chi connectivity index (χ3n) is 2.51. The summed E-state index contributed by atoms with van der Waals surface area (Å²) in [4.78, 5) is 22.0. The number of ether oxygens (including phenoxy) is 1. The molecule has 0 unspecified atom stereocenters. The van der Waals surface area contributed by atoms with E-state index < -0.39 is 0 Å². The Hall–Kier alpha value is -1.12. The molecule has 0 amide bonds. The van der Waals surface area contributed by atoms with Gasteiger partial charge in [0.25, 0.3) is 0 Å². The zero-order chi connectivity index (χ0) is 13.1. The third kappa shape index (κ3) is 9.79. The van der Waals surface area contributed by atoms with Crippen molar-refractivity contribution in [1.82, 2.24) is 0 Å². The average Bonchev–Trinajstić information content (AvgIpc) is 2.31. The lowest BCUT2D eigenvalue weighted by molar-refractivity contribution is -0.147. The van der Waals surface area contributed by atoms with Crippen molar-refractivity contribution in [1.29, 1.82) is 0 Å². The minimum atomic E-state index is -0.124. The monoisotopic (exact) mass is 240 g/mol. The highest BCUT2D eigenvalue weighted by molar-refractivity contribution is 5.88. The smallest absolute Gasteiger partial charge is 0.308 e. The summed E-state index contributed by atoms with van der Waals surface area (Å²) in [7, 11) is 0. The van der Waals surface area contributed by atoms with Gasteiger partial charge in [-0.1, -0.05) is 39.7 Å². The van der Waals surface area contributed by atoms with Crippen LogP contribution in [-0.4, -0.2) is 18.4 Å². The molecule has 0 aromatic heterocycles. The maximum Gasteiger partial charge on any atom is 0.308 e. The molecule has 0 radical (unpaired) electrons. The number of hydrogen-bond acceptors (Lipinski definition) is 3. The number of carbonyl (C=O) groups excluding carboxylic acids is 2. The fourth-order valence-electron chi connectivity index (χ4n) is 1.37. The molecule has 0 bridgehead atoms. The van der Waals surface area contributed by atoms with Gasteiger partial charge in [-0.05, 0) is 18.9 Å². The van der Waals surface area contributed by atoms with Crippen molar-refractivity contribution in [2.45, 2.75) is 52.4 Å². The van der Waals surface area contributed by atoms with Crippen LogP contribution in [0.5, 0.6) is 0 Å². The summed E-state index contributed by atoms with van der Waals surface area (Å²) in [5.41, 5.74) is 0. The zero-order valence-electron chi connectivity index (χ0n) is 11.0. The van der Waals surface area contributed by atoms with Gasteiger partial charge in [-0.15, -0.1) is 0 Å². The summed E-state index contributed by atoms with van der Waals surface area (Å²) < 4.78 is 5.06. The first-order valence-electron chi connectivity index (χ1n) is 6.39. The lowest BCUT2D eigenvalue weighted by Crippen LogP contribution is -2.12. The molecule has 3 nitrogen and oxygen atoms in total. The zero-order valence-corrected chi connectivity index (χ0v) is 11.0.